The third-order valence-corrected chi connectivity index (χ3v) is 4.09. The molecule has 0 spiro atoms. The van der Waals surface area contributed by atoms with Crippen molar-refractivity contribution in [1.82, 2.24) is 5.32 Å². The molecule has 0 unspecified atom stereocenters. The van der Waals surface area contributed by atoms with Gasteiger partial charge in [-0.3, -0.25) is 9.59 Å². The van der Waals surface area contributed by atoms with Crippen LogP contribution in [0, 0.1) is 17.2 Å². The van der Waals surface area contributed by atoms with Crippen LogP contribution < -0.4 is 5.32 Å². The van der Waals surface area contributed by atoms with Crippen molar-refractivity contribution in [3.8, 4) is 6.07 Å². The predicted octanol–water partition coefficient (Wildman–Crippen LogP) is 3.13. The van der Waals surface area contributed by atoms with Crippen molar-refractivity contribution in [2.24, 2.45) is 5.92 Å². The molecule has 5 nitrogen and oxygen atoms in total. The second-order valence-electron chi connectivity index (χ2n) is 5.59. The van der Waals surface area contributed by atoms with Gasteiger partial charge in [0.05, 0.1) is 12.5 Å². The van der Waals surface area contributed by atoms with E-state index in [0.717, 1.165) is 0 Å². The molecule has 0 aliphatic heterocycles. The lowest BCUT2D eigenvalue weighted by Gasteiger charge is -2.27. The van der Waals surface area contributed by atoms with Crippen molar-refractivity contribution in [1.29, 1.82) is 5.26 Å². The van der Waals surface area contributed by atoms with E-state index < -0.39 is 24.0 Å². The fraction of sp³-hybridized carbons (Fsp3) is 0.438. The molecule has 0 aromatic heterocycles. The SMILES string of the molecule is CC(C)[C@](C)(C#N)NC(=O)COC(=O)Cc1ccc(Cl)cc1Cl. The van der Waals surface area contributed by atoms with Gasteiger partial charge in [0.1, 0.15) is 5.54 Å². The monoisotopic (exact) mass is 356 g/mol. The van der Waals surface area contributed by atoms with Crippen LogP contribution in [0.2, 0.25) is 10.0 Å². The Bertz CT molecular complexity index is 641. The highest BCUT2D eigenvalue weighted by atomic mass is 35.5. The Morgan fingerprint density at radius 1 is 1.39 bits per heavy atom. The number of ether oxygens (including phenoxy) is 1. The van der Waals surface area contributed by atoms with E-state index in [1.807, 2.05) is 19.9 Å². The molecule has 1 aromatic carbocycles. The van der Waals surface area contributed by atoms with E-state index in [1.165, 1.54) is 6.07 Å². The van der Waals surface area contributed by atoms with E-state index in [1.54, 1.807) is 19.1 Å². The van der Waals surface area contributed by atoms with Gasteiger partial charge in [0, 0.05) is 10.0 Å². The first kappa shape index (κ1) is 19.3. The number of nitrogens with zero attached hydrogens (tertiary/aromatic N) is 1. The molecule has 1 rings (SSSR count). The molecule has 0 heterocycles. The molecule has 124 valence electrons. The molecule has 0 bridgehead atoms. The van der Waals surface area contributed by atoms with Crippen molar-refractivity contribution in [2.75, 3.05) is 6.61 Å². The molecule has 0 radical (unpaired) electrons. The van der Waals surface area contributed by atoms with E-state index in [-0.39, 0.29) is 12.3 Å². The van der Waals surface area contributed by atoms with Gasteiger partial charge in [0.2, 0.25) is 0 Å². The normalized spacial score (nSPS) is 13.1. The maximum atomic E-state index is 11.8. The Morgan fingerprint density at radius 3 is 2.57 bits per heavy atom. The number of carbonyl (C=O) groups excluding carboxylic acids is 2. The number of nitriles is 1. The zero-order valence-electron chi connectivity index (χ0n) is 13.2. The fourth-order valence-corrected chi connectivity index (χ4v) is 2.12. The maximum Gasteiger partial charge on any atom is 0.310 e. The third kappa shape index (κ3) is 5.74. The summed E-state index contributed by atoms with van der Waals surface area (Å²) in [5.74, 6) is -1.20. The molecule has 1 amide bonds. The molecule has 0 aliphatic rings. The summed E-state index contributed by atoms with van der Waals surface area (Å²) in [6.07, 6.45) is -0.0665. The van der Waals surface area contributed by atoms with Crippen molar-refractivity contribution >= 4 is 35.1 Å². The number of halogens is 2. The molecule has 23 heavy (non-hydrogen) atoms. The molecule has 0 fully saturated rings. The lowest BCUT2D eigenvalue weighted by molar-refractivity contribution is -0.148. The molecule has 1 atom stereocenters. The van der Waals surface area contributed by atoms with Gasteiger partial charge in [-0.05, 0) is 30.5 Å². The Labute approximate surface area is 145 Å². The van der Waals surface area contributed by atoms with Crippen LogP contribution in [-0.4, -0.2) is 24.0 Å². The van der Waals surface area contributed by atoms with Crippen LogP contribution in [0.3, 0.4) is 0 Å². The Morgan fingerprint density at radius 2 is 2.04 bits per heavy atom. The summed E-state index contributed by atoms with van der Waals surface area (Å²) in [4.78, 5) is 23.6. The molecule has 1 aromatic rings. The molecule has 1 N–H and O–H groups in total. The molecular weight excluding hydrogens is 339 g/mol. The smallest absolute Gasteiger partial charge is 0.310 e. The van der Waals surface area contributed by atoms with Gasteiger partial charge in [-0.2, -0.15) is 5.26 Å². The number of amides is 1. The average Bonchev–Trinajstić information content (AvgIpc) is 2.47. The lowest BCUT2D eigenvalue weighted by atomic mass is 9.90. The highest BCUT2D eigenvalue weighted by Crippen LogP contribution is 2.21. The molecule has 0 saturated heterocycles. The minimum Gasteiger partial charge on any atom is -0.455 e. The molecule has 0 aliphatic carbocycles. The number of rotatable bonds is 6. The molecule has 0 saturated carbocycles. The van der Waals surface area contributed by atoms with Crippen molar-refractivity contribution in [2.45, 2.75) is 32.7 Å². The van der Waals surface area contributed by atoms with Gasteiger partial charge in [-0.1, -0.05) is 43.1 Å². The minimum atomic E-state index is -1.01. The zero-order valence-corrected chi connectivity index (χ0v) is 14.7. The first-order chi connectivity index (χ1) is 10.7. The predicted molar refractivity (Wildman–Crippen MR) is 88.1 cm³/mol. The van der Waals surface area contributed by atoms with Gasteiger partial charge < -0.3 is 10.1 Å². The van der Waals surface area contributed by atoms with Crippen LogP contribution in [0.15, 0.2) is 18.2 Å². The standard InChI is InChI=1S/C16H18Cl2N2O3/c1-10(2)16(3,9-19)20-14(21)8-23-15(22)6-11-4-5-12(17)7-13(11)18/h4-5,7,10H,6,8H2,1-3H3,(H,20,21)/t16-/m0/s1. The van der Waals surface area contributed by atoms with E-state index in [9.17, 15) is 9.59 Å². The molecule has 7 heteroatoms. The average molecular weight is 357 g/mol. The van der Waals surface area contributed by atoms with Crippen LogP contribution in [-0.2, 0) is 20.7 Å². The largest absolute Gasteiger partial charge is 0.455 e. The summed E-state index contributed by atoms with van der Waals surface area (Å²) in [7, 11) is 0. The Hall–Kier alpha value is -1.77. The summed E-state index contributed by atoms with van der Waals surface area (Å²) in [6, 6.07) is 6.81. The van der Waals surface area contributed by atoms with Crippen molar-refractivity contribution in [3.05, 3.63) is 33.8 Å². The highest BCUT2D eigenvalue weighted by molar-refractivity contribution is 6.35. The topological polar surface area (TPSA) is 79.2 Å². The second-order valence-corrected chi connectivity index (χ2v) is 6.43. The highest BCUT2D eigenvalue weighted by Gasteiger charge is 2.30. The summed E-state index contributed by atoms with van der Waals surface area (Å²) in [5, 5.41) is 12.5. The van der Waals surface area contributed by atoms with E-state index in [2.05, 4.69) is 5.32 Å². The number of hydrogen-bond donors (Lipinski definition) is 1. The quantitative estimate of drug-likeness (QED) is 0.794. The first-order valence-electron chi connectivity index (χ1n) is 6.99. The Balaban J connectivity index is 2.53. The maximum absolute atomic E-state index is 11.8. The number of benzene rings is 1. The number of esters is 1. The fourth-order valence-electron chi connectivity index (χ4n) is 1.64. The van der Waals surface area contributed by atoms with Crippen LogP contribution in [0.5, 0.6) is 0 Å². The first-order valence-corrected chi connectivity index (χ1v) is 7.75. The molecular formula is C16H18Cl2N2O3. The zero-order chi connectivity index (χ0) is 17.6. The van der Waals surface area contributed by atoms with Crippen LogP contribution in [0.1, 0.15) is 26.3 Å². The summed E-state index contributed by atoms with van der Waals surface area (Å²) in [6.45, 7) is 4.80. The number of hydrogen-bond acceptors (Lipinski definition) is 4. The van der Waals surface area contributed by atoms with Gasteiger partial charge in [-0.15, -0.1) is 0 Å². The van der Waals surface area contributed by atoms with E-state index >= 15 is 0 Å². The van der Waals surface area contributed by atoms with Crippen molar-refractivity contribution < 1.29 is 14.3 Å². The third-order valence-electron chi connectivity index (χ3n) is 3.50. The lowest BCUT2D eigenvalue weighted by Crippen LogP contribution is -2.50. The van der Waals surface area contributed by atoms with Crippen molar-refractivity contribution in [3.63, 3.8) is 0 Å². The minimum absolute atomic E-state index is 0.0665. The second kappa shape index (κ2) is 8.19. The van der Waals surface area contributed by atoms with E-state index in [0.29, 0.717) is 15.6 Å². The Kier molecular flexibility index (Phi) is 6.86. The summed E-state index contributed by atoms with van der Waals surface area (Å²) >= 11 is 11.7. The van der Waals surface area contributed by atoms with Crippen LogP contribution in [0.25, 0.3) is 0 Å². The van der Waals surface area contributed by atoms with Gasteiger partial charge in [0.15, 0.2) is 6.61 Å². The van der Waals surface area contributed by atoms with Crippen LogP contribution >= 0.6 is 23.2 Å². The summed E-state index contributed by atoms with van der Waals surface area (Å²) in [5.41, 5.74) is -0.450. The summed E-state index contributed by atoms with van der Waals surface area (Å²) < 4.78 is 4.91. The van der Waals surface area contributed by atoms with Gasteiger partial charge in [-0.25, -0.2) is 0 Å². The number of carbonyl (C=O) groups is 2. The van der Waals surface area contributed by atoms with Gasteiger partial charge >= 0.3 is 5.97 Å². The van der Waals surface area contributed by atoms with Gasteiger partial charge in [0.25, 0.3) is 5.91 Å². The van der Waals surface area contributed by atoms with E-state index in [4.69, 9.17) is 33.2 Å². The van der Waals surface area contributed by atoms with Crippen LogP contribution in [0.4, 0.5) is 0 Å². The number of nitrogens with one attached hydrogen (secondary N) is 1.